The van der Waals surface area contributed by atoms with Crippen LogP contribution in [0.1, 0.15) is 37.0 Å². The number of nitrogens with one attached hydrogen (secondary N) is 3. The highest BCUT2D eigenvalue weighted by Gasteiger charge is 2.30. The van der Waals surface area contributed by atoms with Gasteiger partial charge in [0.1, 0.15) is 0 Å². The molecule has 0 unspecified atom stereocenters. The molecule has 1 saturated heterocycles. The smallest absolute Gasteiger partial charge is 0.323 e. The van der Waals surface area contributed by atoms with Gasteiger partial charge in [0.25, 0.3) is 5.91 Å². The van der Waals surface area contributed by atoms with E-state index in [0.717, 1.165) is 12.8 Å². The summed E-state index contributed by atoms with van der Waals surface area (Å²) in [5.41, 5.74) is 1.14. The first-order valence-electron chi connectivity index (χ1n) is 7.10. The number of amides is 1. The molecule has 1 aliphatic heterocycles. The second-order valence-electron chi connectivity index (χ2n) is 6.08. The molecule has 0 aliphatic carbocycles. The molecular formula is C15H19N3O3. The molecule has 6 heteroatoms. The molecule has 1 atom stereocenters. The third-order valence-electron chi connectivity index (χ3n) is 3.83. The molecule has 2 heterocycles. The average Bonchev–Trinajstić information content (AvgIpc) is 2.77. The van der Waals surface area contributed by atoms with Gasteiger partial charge in [-0.15, -0.1) is 0 Å². The number of carbonyl (C=O) groups excluding carboxylic acids is 1. The predicted octanol–water partition coefficient (Wildman–Crippen LogP) is 1.54. The molecule has 3 rings (SSSR count). The number of ether oxygens (including phenoxy) is 1. The molecule has 6 nitrogen and oxygen atoms in total. The highest BCUT2D eigenvalue weighted by molar-refractivity contribution is 6.04. The zero-order valence-corrected chi connectivity index (χ0v) is 12.2. The molecular weight excluding hydrogens is 270 g/mol. The van der Waals surface area contributed by atoms with E-state index in [1.165, 1.54) is 0 Å². The Morgan fingerprint density at radius 3 is 2.95 bits per heavy atom. The molecule has 0 bridgehead atoms. The van der Waals surface area contributed by atoms with Crippen molar-refractivity contribution in [3.05, 3.63) is 34.2 Å². The van der Waals surface area contributed by atoms with Crippen molar-refractivity contribution in [2.75, 3.05) is 6.61 Å². The van der Waals surface area contributed by atoms with Crippen LogP contribution in [-0.4, -0.2) is 34.1 Å². The number of hydrogen-bond acceptors (Lipinski definition) is 3. The van der Waals surface area contributed by atoms with E-state index in [0.29, 0.717) is 23.2 Å². The standard InChI is InChI=1S/C15H19N3O3/c1-15(2)8-9(6-7-21-15)16-13(19)10-4-3-5-11-12(10)18-14(20)17-11/h3-5,9H,6-8H2,1-2H3,(H,16,19)(H2,17,18,20)/t9-/m0/s1. The van der Waals surface area contributed by atoms with Crippen LogP contribution >= 0.6 is 0 Å². The minimum Gasteiger partial charge on any atom is -0.375 e. The molecule has 0 saturated carbocycles. The summed E-state index contributed by atoms with van der Waals surface area (Å²) in [7, 11) is 0. The fraction of sp³-hybridized carbons (Fsp3) is 0.467. The molecule has 112 valence electrons. The Labute approximate surface area is 121 Å². The van der Waals surface area contributed by atoms with Crippen molar-refractivity contribution in [3.63, 3.8) is 0 Å². The highest BCUT2D eigenvalue weighted by atomic mass is 16.5. The number of imidazole rings is 1. The van der Waals surface area contributed by atoms with Gasteiger partial charge >= 0.3 is 5.69 Å². The van der Waals surface area contributed by atoms with Crippen molar-refractivity contribution in [3.8, 4) is 0 Å². The number of aromatic nitrogens is 2. The van der Waals surface area contributed by atoms with E-state index in [9.17, 15) is 9.59 Å². The van der Waals surface area contributed by atoms with Crippen LogP contribution in [0.15, 0.2) is 23.0 Å². The van der Waals surface area contributed by atoms with Gasteiger partial charge in [0.2, 0.25) is 0 Å². The second kappa shape index (κ2) is 5.04. The summed E-state index contributed by atoms with van der Waals surface area (Å²) in [5, 5.41) is 3.04. The summed E-state index contributed by atoms with van der Waals surface area (Å²) >= 11 is 0. The molecule has 0 radical (unpaired) electrons. The number of carbonyl (C=O) groups is 1. The molecule has 0 spiro atoms. The van der Waals surface area contributed by atoms with E-state index in [4.69, 9.17) is 4.74 Å². The van der Waals surface area contributed by atoms with Crippen molar-refractivity contribution in [1.82, 2.24) is 15.3 Å². The largest absolute Gasteiger partial charge is 0.375 e. The van der Waals surface area contributed by atoms with Crippen LogP contribution in [-0.2, 0) is 4.74 Å². The lowest BCUT2D eigenvalue weighted by molar-refractivity contribution is -0.0615. The summed E-state index contributed by atoms with van der Waals surface area (Å²) in [5.74, 6) is -0.168. The third kappa shape index (κ3) is 2.85. The van der Waals surface area contributed by atoms with Gasteiger partial charge in [-0.3, -0.25) is 4.79 Å². The maximum absolute atomic E-state index is 12.5. The van der Waals surface area contributed by atoms with Crippen molar-refractivity contribution >= 4 is 16.9 Å². The molecule has 1 aromatic heterocycles. The highest BCUT2D eigenvalue weighted by Crippen LogP contribution is 2.24. The lowest BCUT2D eigenvalue weighted by Gasteiger charge is -2.35. The van der Waals surface area contributed by atoms with Crippen LogP contribution in [0.3, 0.4) is 0 Å². The van der Waals surface area contributed by atoms with Crippen molar-refractivity contribution in [1.29, 1.82) is 0 Å². The number of rotatable bonds is 2. The van der Waals surface area contributed by atoms with E-state index in [1.54, 1.807) is 18.2 Å². The van der Waals surface area contributed by atoms with E-state index < -0.39 is 0 Å². The number of para-hydroxylation sites is 1. The van der Waals surface area contributed by atoms with Gasteiger partial charge in [-0.25, -0.2) is 4.79 Å². The van der Waals surface area contributed by atoms with Crippen LogP contribution in [0.4, 0.5) is 0 Å². The molecule has 1 aliphatic rings. The maximum atomic E-state index is 12.5. The first-order chi connectivity index (χ1) is 9.94. The van der Waals surface area contributed by atoms with Gasteiger partial charge in [-0.05, 0) is 38.8 Å². The Hall–Kier alpha value is -2.08. The first-order valence-corrected chi connectivity index (χ1v) is 7.10. The Morgan fingerprint density at radius 1 is 1.38 bits per heavy atom. The average molecular weight is 289 g/mol. The number of benzene rings is 1. The summed E-state index contributed by atoms with van der Waals surface area (Å²) < 4.78 is 5.65. The Morgan fingerprint density at radius 2 is 2.19 bits per heavy atom. The van der Waals surface area contributed by atoms with Crippen molar-refractivity contribution < 1.29 is 9.53 Å². The fourth-order valence-corrected chi connectivity index (χ4v) is 2.87. The van der Waals surface area contributed by atoms with Gasteiger partial charge < -0.3 is 20.0 Å². The van der Waals surface area contributed by atoms with Crippen molar-refractivity contribution in [2.45, 2.75) is 38.3 Å². The lowest BCUT2D eigenvalue weighted by atomic mass is 9.93. The normalized spacial score (nSPS) is 21.3. The van der Waals surface area contributed by atoms with E-state index >= 15 is 0 Å². The Balaban J connectivity index is 1.82. The zero-order valence-electron chi connectivity index (χ0n) is 12.2. The van der Waals surface area contributed by atoms with Gasteiger partial charge in [-0.2, -0.15) is 0 Å². The number of hydrogen-bond donors (Lipinski definition) is 3. The minimum atomic E-state index is -0.308. The monoisotopic (exact) mass is 289 g/mol. The quantitative estimate of drug-likeness (QED) is 0.783. The summed E-state index contributed by atoms with van der Waals surface area (Å²) in [6.07, 6.45) is 1.58. The van der Waals surface area contributed by atoms with Gasteiger partial charge in [0, 0.05) is 12.6 Å². The SMILES string of the molecule is CC1(C)C[C@@H](NC(=O)c2cccc3[nH]c(=O)[nH]c23)CCO1. The van der Waals surface area contributed by atoms with Crippen LogP contribution in [0.2, 0.25) is 0 Å². The van der Waals surface area contributed by atoms with Crippen LogP contribution in [0.5, 0.6) is 0 Å². The molecule has 3 N–H and O–H groups in total. The first kappa shape index (κ1) is 13.9. The van der Waals surface area contributed by atoms with Crippen LogP contribution in [0.25, 0.3) is 11.0 Å². The van der Waals surface area contributed by atoms with Crippen LogP contribution in [0, 0.1) is 0 Å². The maximum Gasteiger partial charge on any atom is 0.323 e. The zero-order chi connectivity index (χ0) is 15.0. The van der Waals surface area contributed by atoms with Gasteiger partial charge in [0.05, 0.1) is 22.2 Å². The molecule has 1 aromatic carbocycles. The number of H-pyrrole nitrogens is 2. The van der Waals surface area contributed by atoms with Crippen molar-refractivity contribution in [2.24, 2.45) is 0 Å². The molecule has 1 amide bonds. The summed E-state index contributed by atoms with van der Waals surface area (Å²) in [4.78, 5) is 29.2. The third-order valence-corrected chi connectivity index (χ3v) is 3.83. The minimum absolute atomic E-state index is 0.0853. The number of fused-ring (bicyclic) bond motifs is 1. The molecule has 2 aromatic rings. The van der Waals surface area contributed by atoms with Gasteiger partial charge in [0.15, 0.2) is 0 Å². The Kier molecular flexibility index (Phi) is 3.33. The summed E-state index contributed by atoms with van der Waals surface area (Å²) in [6, 6.07) is 5.32. The predicted molar refractivity (Wildman–Crippen MR) is 79.4 cm³/mol. The van der Waals surface area contributed by atoms with Gasteiger partial charge in [-0.1, -0.05) is 6.07 Å². The molecule has 1 fully saturated rings. The van der Waals surface area contributed by atoms with E-state index in [2.05, 4.69) is 15.3 Å². The van der Waals surface area contributed by atoms with Crippen LogP contribution < -0.4 is 11.0 Å². The summed E-state index contributed by atoms with van der Waals surface area (Å²) in [6.45, 7) is 4.69. The number of aromatic amines is 2. The fourth-order valence-electron chi connectivity index (χ4n) is 2.87. The Bertz CT molecular complexity index is 729. The van der Waals surface area contributed by atoms with E-state index in [-0.39, 0.29) is 23.2 Å². The lowest BCUT2D eigenvalue weighted by Crippen LogP contribution is -2.45. The molecule has 21 heavy (non-hydrogen) atoms. The topological polar surface area (TPSA) is 87.0 Å². The van der Waals surface area contributed by atoms with E-state index in [1.807, 2.05) is 13.8 Å². The second-order valence-corrected chi connectivity index (χ2v) is 6.08.